The van der Waals surface area contributed by atoms with Gasteiger partial charge in [0.2, 0.25) is 11.8 Å². The second kappa shape index (κ2) is 6.58. The number of hydrogen-bond donors (Lipinski definition) is 3. The van der Waals surface area contributed by atoms with E-state index in [1.54, 1.807) is 6.92 Å². The fourth-order valence-electron chi connectivity index (χ4n) is 2.38. The first kappa shape index (κ1) is 16.3. The highest BCUT2D eigenvalue weighted by molar-refractivity contribution is 6.08. The quantitative estimate of drug-likeness (QED) is 0.282. The first-order chi connectivity index (χ1) is 9.37. The summed E-state index contributed by atoms with van der Waals surface area (Å²) in [5.41, 5.74) is 4.74. The molecule has 0 atom stereocenters. The Morgan fingerprint density at radius 1 is 1.45 bits per heavy atom. The van der Waals surface area contributed by atoms with Crippen molar-refractivity contribution in [2.24, 2.45) is 16.3 Å². The predicted molar refractivity (Wildman–Crippen MR) is 75.2 cm³/mol. The zero-order chi connectivity index (χ0) is 15.3. The molecule has 1 aliphatic carbocycles. The molecule has 114 valence electrons. The van der Waals surface area contributed by atoms with Crippen molar-refractivity contribution in [3.05, 3.63) is 0 Å². The van der Waals surface area contributed by atoms with Crippen LogP contribution >= 0.6 is 0 Å². The number of carbonyl (C=O) groups excluding carboxylic acids is 2. The van der Waals surface area contributed by atoms with Gasteiger partial charge in [0, 0.05) is 12.6 Å². The number of nitrogens with two attached hydrogens (primary N) is 1. The standard InChI is InChI=1S/C13H24N4O3/c1-4-17(8-10(18)15-9(2)3)12(19)13(6-5-7-13)11(14)16-20/h9,20H,4-8H2,1-3H3,(H2,14,16)(H,15,18). The molecule has 0 aliphatic heterocycles. The monoisotopic (exact) mass is 284 g/mol. The van der Waals surface area contributed by atoms with Gasteiger partial charge < -0.3 is 21.2 Å². The van der Waals surface area contributed by atoms with Crippen LogP contribution in [0.3, 0.4) is 0 Å². The average molecular weight is 284 g/mol. The highest BCUT2D eigenvalue weighted by Gasteiger charge is 2.50. The fourth-order valence-corrected chi connectivity index (χ4v) is 2.38. The van der Waals surface area contributed by atoms with E-state index < -0.39 is 5.41 Å². The van der Waals surface area contributed by atoms with Crippen molar-refractivity contribution in [3.8, 4) is 0 Å². The number of carbonyl (C=O) groups is 2. The van der Waals surface area contributed by atoms with Gasteiger partial charge in [-0.15, -0.1) is 0 Å². The molecular weight excluding hydrogens is 260 g/mol. The SMILES string of the molecule is CCN(CC(=O)NC(C)C)C(=O)C1(C(N)=NO)CCC1. The van der Waals surface area contributed by atoms with E-state index in [-0.39, 0.29) is 30.2 Å². The topological polar surface area (TPSA) is 108 Å². The summed E-state index contributed by atoms with van der Waals surface area (Å²) >= 11 is 0. The van der Waals surface area contributed by atoms with Crippen LogP contribution in [-0.2, 0) is 9.59 Å². The van der Waals surface area contributed by atoms with E-state index in [1.807, 2.05) is 13.8 Å². The van der Waals surface area contributed by atoms with E-state index in [9.17, 15) is 9.59 Å². The minimum Gasteiger partial charge on any atom is -0.409 e. The van der Waals surface area contributed by atoms with Gasteiger partial charge >= 0.3 is 0 Å². The Labute approximate surface area is 119 Å². The maximum absolute atomic E-state index is 12.6. The predicted octanol–water partition coefficient (Wildman–Crippen LogP) is 0.276. The molecule has 2 amide bonds. The van der Waals surface area contributed by atoms with Crippen molar-refractivity contribution in [2.45, 2.75) is 46.1 Å². The highest BCUT2D eigenvalue weighted by Crippen LogP contribution is 2.42. The molecule has 0 aromatic rings. The van der Waals surface area contributed by atoms with Gasteiger partial charge in [0.1, 0.15) is 5.41 Å². The van der Waals surface area contributed by atoms with Gasteiger partial charge in [0.05, 0.1) is 6.54 Å². The van der Waals surface area contributed by atoms with Crippen LogP contribution in [0.5, 0.6) is 0 Å². The number of likely N-dealkylation sites (N-methyl/N-ethyl adjacent to an activating group) is 1. The van der Waals surface area contributed by atoms with Crippen molar-refractivity contribution in [3.63, 3.8) is 0 Å². The second-order valence-electron chi connectivity index (χ2n) is 5.46. The number of hydrogen-bond acceptors (Lipinski definition) is 4. The van der Waals surface area contributed by atoms with Crippen LogP contribution in [0.4, 0.5) is 0 Å². The van der Waals surface area contributed by atoms with E-state index in [2.05, 4.69) is 10.5 Å². The molecule has 1 aliphatic rings. The number of amidine groups is 1. The molecule has 0 saturated heterocycles. The zero-order valence-electron chi connectivity index (χ0n) is 12.3. The highest BCUT2D eigenvalue weighted by atomic mass is 16.4. The molecule has 0 radical (unpaired) electrons. The summed E-state index contributed by atoms with van der Waals surface area (Å²) in [5, 5.41) is 14.6. The third-order valence-electron chi connectivity index (χ3n) is 3.67. The first-order valence-electron chi connectivity index (χ1n) is 6.94. The van der Waals surface area contributed by atoms with Crippen LogP contribution in [0.2, 0.25) is 0 Å². The molecule has 0 spiro atoms. The lowest BCUT2D eigenvalue weighted by Crippen LogP contribution is -2.56. The summed E-state index contributed by atoms with van der Waals surface area (Å²) in [6.45, 7) is 5.93. The average Bonchev–Trinajstić information content (AvgIpc) is 2.33. The number of nitrogens with zero attached hydrogens (tertiary/aromatic N) is 2. The molecule has 1 saturated carbocycles. The summed E-state index contributed by atoms with van der Waals surface area (Å²) in [4.78, 5) is 25.8. The van der Waals surface area contributed by atoms with Crippen molar-refractivity contribution in [2.75, 3.05) is 13.1 Å². The van der Waals surface area contributed by atoms with Crippen molar-refractivity contribution in [1.82, 2.24) is 10.2 Å². The molecule has 1 rings (SSSR count). The third-order valence-corrected chi connectivity index (χ3v) is 3.67. The third kappa shape index (κ3) is 3.20. The fraction of sp³-hybridized carbons (Fsp3) is 0.769. The Morgan fingerprint density at radius 2 is 2.05 bits per heavy atom. The molecular formula is C13H24N4O3. The molecule has 0 bridgehead atoms. The van der Waals surface area contributed by atoms with Crippen LogP contribution in [0.1, 0.15) is 40.0 Å². The Hall–Kier alpha value is -1.79. The largest absolute Gasteiger partial charge is 0.409 e. The van der Waals surface area contributed by atoms with Gasteiger partial charge in [-0.2, -0.15) is 0 Å². The first-order valence-corrected chi connectivity index (χ1v) is 6.94. The zero-order valence-corrected chi connectivity index (χ0v) is 12.3. The van der Waals surface area contributed by atoms with Crippen LogP contribution in [0.25, 0.3) is 0 Å². The van der Waals surface area contributed by atoms with E-state index in [4.69, 9.17) is 10.9 Å². The Bertz CT molecular complexity index is 402. The van der Waals surface area contributed by atoms with Crippen LogP contribution in [0.15, 0.2) is 5.16 Å². The van der Waals surface area contributed by atoms with Crippen molar-refractivity contribution >= 4 is 17.6 Å². The molecule has 0 unspecified atom stereocenters. The van der Waals surface area contributed by atoms with Gasteiger partial charge in [-0.25, -0.2) is 0 Å². The minimum atomic E-state index is -0.928. The Kier molecular flexibility index (Phi) is 5.35. The van der Waals surface area contributed by atoms with Crippen LogP contribution in [0, 0.1) is 5.41 Å². The molecule has 7 nitrogen and oxygen atoms in total. The van der Waals surface area contributed by atoms with E-state index >= 15 is 0 Å². The molecule has 7 heteroatoms. The van der Waals surface area contributed by atoms with Gasteiger partial charge in [0.15, 0.2) is 5.84 Å². The summed E-state index contributed by atoms with van der Waals surface area (Å²) < 4.78 is 0. The van der Waals surface area contributed by atoms with Crippen molar-refractivity contribution in [1.29, 1.82) is 0 Å². The van der Waals surface area contributed by atoms with E-state index in [0.29, 0.717) is 19.4 Å². The Balaban J connectivity index is 2.79. The lowest BCUT2D eigenvalue weighted by atomic mass is 9.67. The maximum atomic E-state index is 12.6. The number of oxime groups is 1. The Morgan fingerprint density at radius 3 is 2.40 bits per heavy atom. The molecule has 0 aromatic carbocycles. The normalized spacial score (nSPS) is 17.5. The summed E-state index contributed by atoms with van der Waals surface area (Å²) in [5.74, 6) is -0.499. The molecule has 4 N–H and O–H groups in total. The van der Waals surface area contributed by atoms with Gasteiger partial charge in [-0.05, 0) is 33.6 Å². The van der Waals surface area contributed by atoms with Gasteiger partial charge in [0.25, 0.3) is 0 Å². The lowest BCUT2D eigenvalue weighted by Gasteiger charge is -2.41. The molecule has 1 fully saturated rings. The second-order valence-corrected chi connectivity index (χ2v) is 5.46. The van der Waals surface area contributed by atoms with Crippen LogP contribution < -0.4 is 11.1 Å². The molecule has 0 aromatic heterocycles. The maximum Gasteiger partial charge on any atom is 0.239 e. The van der Waals surface area contributed by atoms with E-state index in [1.165, 1.54) is 4.90 Å². The lowest BCUT2D eigenvalue weighted by molar-refractivity contribution is -0.145. The van der Waals surface area contributed by atoms with Crippen molar-refractivity contribution < 1.29 is 14.8 Å². The summed E-state index contributed by atoms with van der Waals surface area (Å²) in [6.07, 6.45) is 1.98. The van der Waals surface area contributed by atoms with Crippen LogP contribution in [-0.4, -0.2) is 46.9 Å². The molecule has 20 heavy (non-hydrogen) atoms. The van der Waals surface area contributed by atoms with E-state index in [0.717, 1.165) is 6.42 Å². The van der Waals surface area contributed by atoms with Gasteiger partial charge in [-0.1, -0.05) is 11.6 Å². The molecule has 0 heterocycles. The minimum absolute atomic E-state index is 0.00598. The van der Waals surface area contributed by atoms with Gasteiger partial charge in [-0.3, -0.25) is 9.59 Å². The number of amides is 2. The summed E-state index contributed by atoms with van der Waals surface area (Å²) in [6, 6.07) is 0.0260. The summed E-state index contributed by atoms with van der Waals surface area (Å²) in [7, 11) is 0. The number of rotatable bonds is 6. The smallest absolute Gasteiger partial charge is 0.239 e. The number of nitrogens with one attached hydrogen (secondary N) is 1.